The van der Waals surface area contributed by atoms with E-state index in [4.69, 9.17) is 4.84 Å². The first-order valence-corrected chi connectivity index (χ1v) is 27.0. The van der Waals surface area contributed by atoms with Crippen LogP contribution >= 0.6 is 0 Å². The Hall–Kier alpha value is -8.45. The first kappa shape index (κ1) is 56.8. The highest BCUT2D eigenvalue weighted by Gasteiger charge is 2.24. The molecule has 0 atom stereocenters. The number of hydrogen-bond donors (Lipinski definition) is 10. The molecular weight excluding hydrogens is 1020 g/mol. The maximum absolute atomic E-state index is 13.4. The number of aromatic nitrogens is 2. The Morgan fingerprint density at radius 1 is 0.553 bits per heavy atom. The highest BCUT2D eigenvalue weighted by atomic mass is 32.2. The average Bonchev–Trinajstić information content (AvgIpc) is 3.39. The number of benzene rings is 4. The summed E-state index contributed by atoms with van der Waals surface area (Å²) in [5, 5.41) is 8.66. The molecule has 10 N–H and O–H groups in total. The van der Waals surface area contributed by atoms with E-state index in [2.05, 4.69) is 52.6 Å². The summed E-state index contributed by atoms with van der Waals surface area (Å²) in [5.41, 5.74) is 18.6. The van der Waals surface area contributed by atoms with E-state index in [0.717, 1.165) is 31.2 Å². The molecule has 400 valence electrons. The Labute approximate surface area is 441 Å². The van der Waals surface area contributed by atoms with Crippen molar-refractivity contribution in [3.05, 3.63) is 155 Å². The Morgan fingerprint density at radius 3 is 1.51 bits per heavy atom. The number of aryl methyl sites for hydroxylation is 2. The van der Waals surface area contributed by atoms with Crippen LogP contribution in [0.2, 0.25) is 0 Å². The van der Waals surface area contributed by atoms with Gasteiger partial charge >= 0.3 is 0 Å². The van der Waals surface area contributed by atoms with Gasteiger partial charge in [0.2, 0.25) is 25.9 Å². The number of nitrogens with one attached hydrogen (secondary N) is 10. The van der Waals surface area contributed by atoms with Gasteiger partial charge in [-0.2, -0.15) is 9.13 Å². The lowest BCUT2D eigenvalue weighted by Gasteiger charge is -2.16. The maximum Gasteiger partial charge on any atom is 0.290 e. The van der Waals surface area contributed by atoms with Gasteiger partial charge < -0.3 is 16.0 Å². The second-order valence-corrected chi connectivity index (χ2v) is 20.8. The van der Waals surface area contributed by atoms with E-state index < -0.39 is 26.0 Å². The van der Waals surface area contributed by atoms with Crippen LogP contribution in [0.25, 0.3) is 0 Å². The molecule has 22 nitrogen and oxygen atoms in total. The maximum atomic E-state index is 13.4. The topological polar surface area (TPSA) is 291 Å². The summed E-state index contributed by atoms with van der Waals surface area (Å²) in [6.45, 7) is 7.94. The van der Waals surface area contributed by atoms with Crippen LogP contribution in [-0.4, -0.2) is 60.5 Å². The quantitative estimate of drug-likeness (QED) is 0.0134. The van der Waals surface area contributed by atoms with Crippen LogP contribution in [0.5, 0.6) is 0 Å². The summed E-state index contributed by atoms with van der Waals surface area (Å²) >= 11 is 0. The molecule has 2 heterocycles. The third-order valence-electron chi connectivity index (χ3n) is 11.7. The summed E-state index contributed by atoms with van der Waals surface area (Å²) in [6.07, 6.45) is 11.1. The third kappa shape index (κ3) is 16.5. The Kier molecular flexibility index (Phi) is 20.3. The molecule has 0 saturated heterocycles. The van der Waals surface area contributed by atoms with Crippen molar-refractivity contribution in [3.63, 3.8) is 0 Å². The van der Waals surface area contributed by atoms with Gasteiger partial charge in [0.1, 0.15) is 5.56 Å². The van der Waals surface area contributed by atoms with E-state index >= 15 is 0 Å². The van der Waals surface area contributed by atoms with Crippen LogP contribution < -0.4 is 61.7 Å². The fourth-order valence-corrected chi connectivity index (χ4v) is 10.5. The second kappa shape index (κ2) is 27.2. The van der Waals surface area contributed by atoms with Crippen molar-refractivity contribution >= 4 is 84.7 Å². The average molecular weight is 1080 g/mol. The minimum Gasteiger partial charge on any atom is -0.352 e. The van der Waals surface area contributed by atoms with Crippen LogP contribution in [0.3, 0.4) is 0 Å². The van der Waals surface area contributed by atoms with Crippen molar-refractivity contribution in [3.8, 4) is 0 Å². The van der Waals surface area contributed by atoms with Crippen LogP contribution in [0.4, 0.5) is 34.1 Å². The van der Waals surface area contributed by atoms with Gasteiger partial charge in [0, 0.05) is 53.5 Å². The van der Waals surface area contributed by atoms with Gasteiger partial charge in [-0.3, -0.25) is 60.0 Å². The van der Waals surface area contributed by atoms with E-state index in [9.17, 15) is 40.8 Å². The van der Waals surface area contributed by atoms with Gasteiger partial charge in [0.25, 0.3) is 37.8 Å². The smallest absolute Gasteiger partial charge is 0.290 e. The molecule has 0 saturated carbocycles. The molecule has 0 aliphatic rings. The molecule has 2 aromatic heterocycles. The normalized spacial score (nSPS) is 11.2. The van der Waals surface area contributed by atoms with E-state index in [1.54, 1.807) is 128 Å². The second-order valence-electron chi connectivity index (χ2n) is 17.5. The van der Waals surface area contributed by atoms with Gasteiger partial charge in [-0.15, -0.1) is 0 Å². The molecule has 0 unspecified atom stereocenters. The third-order valence-corrected chi connectivity index (χ3v) is 14.8. The number of unbranched alkanes of at least 4 members (excludes halogenated alkanes) is 3. The van der Waals surface area contributed by atoms with Gasteiger partial charge in [-0.25, -0.2) is 22.3 Å². The minimum atomic E-state index is -4.05. The van der Waals surface area contributed by atoms with Gasteiger partial charge in [-0.1, -0.05) is 25.0 Å². The number of anilines is 6. The van der Waals surface area contributed by atoms with Crippen molar-refractivity contribution in [2.24, 2.45) is 0 Å². The lowest BCUT2D eigenvalue weighted by molar-refractivity contribution is -0.684. The Balaban J connectivity index is 0.870. The number of sulfonamides is 2. The number of carbonyl (C=O) groups excluding carboxylic acids is 5. The number of hydrazine groups is 2. The summed E-state index contributed by atoms with van der Waals surface area (Å²) < 4.78 is 62.0. The Bertz CT molecular complexity index is 3250. The van der Waals surface area contributed by atoms with Crippen molar-refractivity contribution in [1.29, 1.82) is 0 Å². The van der Waals surface area contributed by atoms with Crippen LogP contribution in [-0.2, 0) is 63.8 Å². The molecule has 0 aliphatic heterocycles. The van der Waals surface area contributed by atoms with E-state index in [1.807, 2.05) is 6.07 Å². The van der Waals surface area contributed by atoms with Gasteiger partial charge in [-0.05, 0) is 136 Å². The predicted octanol–water partition coefficient (Wildman–Crippen LogP) is 4.53. The first-order chi connectivity index (χ1) is 36.5. The summed E-state index contributed by atoms with van der Waals surface area (Å²) in [5.74, 6) is -1.05. The van der Waals surface area contributed by atoms with Crippen LogP contribution in [0, 0.1) is 27.7 Å². The summed E-state index contributed by atoms with van der Waals surface area (Å²) in [7, 11) is -8.07. The molecule has 6 rings (SSSR count). The molecule has 6 aromatic rings. The lowest BCUT2D eigenvalue weighted by Crippen LogP contribution is -2.41. The number of carbonyl (C=O) groups is 5. The number of amides is 5. The van der Waals surface area contributed by atoms with Gasteiger partial charge in [0.05, 0.1) is 27.8 Å². The highest BCUT2D eigenvalue weighted by molar-refractivity contribution is 7.93. The fraction of sp³-hybridized carbons (Fsp3) is 0.250. The number of hydroxylamine groups is 1. The number of pyridine rings is 2. The highest BCUT2D eigenvalue weighted by Crippen LogP contribution is 2.30. The monoisotopic (exact) mass is 1080 g/mol. The minimum absolute atomic E-state index is 0.00920. The first-order valence-electron chi connectivity index (χ1n) is 24.0. The molecule has 24 heteroatoms. The number of rotatable bonds is 29. The van der Waals surface area contributed by atoms with E-state index in [1.165, 1.54) is 24.3 Å². The van der Waals surface area contributed by atoms with Crippen molar-refractivity contribution in [2.45, 2.75) is 82.9 Å². The number of hydrogen-bond acceptors (Lipinski definition) is 13. The molecule has 5 amide bonds. The van der Waals surface area contributed by atoms with Crippen LogP contribution in [0.1, 0.15) is 63.9 Å². The molecule has 76 heavy (non-hydrogen) atoms. The Morgan fingerprint density at radius 2 is 1.01 bits per heavy atom. The van der Waals surface area contributed by atoms with Crippen molar-refractivity contribution < 1.29 is 54.8 Å². The zero-order valence-corrected chi connectivity index (χ0v) is 44.0. The zero-order chi connectivity index (χ0) is 54.7. The summed E-state index contributed by atoms with van der Waals surface area (Å²) in [4.78, 5) is 66.3. The largest absolute Gasteiger partial charge is 0.352 e. The fourth-order valence-electron chi connectivity index (χ4n) is 7.90. The van der Waals surface area contributed by atoms with Gasteiger partial charge in [0.15, 0.2) is 24.8 Å². The number of nitrogens with zero attached hydrogens (tertiary/aromatic N) is 2. The molecule has 0 radical (unpaired) electrons. The molecule has 0 bridgehead atoms. The molecule has 4 aromatic carbocycles. The SMILES string of the molecule is Cc1ccc(S(=O)(=O)Nc2ccc(NNC=O)cc2)c(C)c1NC(=O)C[n+]1cccc(CONCCCCCCNC(=O)c2ccc[n+](CC(=O)Nc3c(C)ccc(S(=O)(=O)Nc4ccc(NNC=O)cc4)c3C)c2)c1. The van der Waals surface area contributed by atoms with Crippen LogP contribution in [0.15, 0.2) is 132 Å². The molecule has 0 aliphatic carbocycles. The standard InChI is InChI=1S/C52H60N12O10S2/c1-36-13-23-46(75(70,71)61-44-19-15-42(16-20-44)59-54-34-65)38(3)50(36)57-48(67)31-63-27-9-11-40(29-63)33-74-56-26-8-6-5-7-25-53-52(69)41-12-10-28-64(30-41)32-49(68)58-51-37(2)14-24-47(39(51)4)76(72,73)62-45-21-17-43(18-22-45)60-55-35-66/h9-24,27-30,34-35,56,59-62H,5-8,25-26,31-33H2,1-4H3,(H3-2,53,54,55,57,58,65,66,67,68,69)/p+2. The van der Waals surface area contributed by atoms with E-state index in [-0.39, 0.29) is 41.3 Å². The van der Waals surface area contributed by atoms with Crippen molar-refractivity contribution in [1.82, 2.24) is 21.6 Å². The molecule has 0 fully saturated rings. The zero-order valence-electron chi connectivity index (χ0n) is 42.4. The molecular formula is C52H62N12O10S2+2. The van der Waals surface area contributed by atoms with Crippen molar-refractivity contribution in [2.75, 3.05) is 44.0 Å². The summed E-state index contributed by atoms with van der Waals surface area (Å²) in [6, 6.07) is 25.8. The lowest BCUT2D eigenvalue weighted by atomic mass is 10.1. The predicted molar refractivity (Wildman–Crippen MR) is 286 cm³/mol. The van der Waals surface area contributed by atoms with E-state index in [0.29, 0.717) is 87.9 Å². The molecule has 0 spiro atoms.